The van der Waals surface area contributed by atoms with E-state index in [-0.39, 0.29) is 25.1 Å². The number of hydrazine groups is 1. The molecule has 1 fully saturated rings. The van der Waals surface area contributed by atoms with Gasteiger partial charge in [0.25, 0.3) is 5.91 Å². The Balaban J connectivity index is 1.44. The number of nitrogens with one attached hydrogen (secondary N) is 3. The minimum absolute atomic E-state index is 0.256. The third kappa shape index (κ3) is 6.21. The second-order valence-electron chi connectivity index (χ2n) is 7.02. The number of rotatable bonds is 5. The number of hydrogen-bond acceptors (Lipinski definition) is 5. The Morgan fingerprint density at radius 2 is 1.81 bits per heavy atom. The van der Waals surface area contributed by atoms with Gasteiger partial charge in [0, 0.05) is 18.8 Å². The summed E-state index contributed by atoms with van der Waals surface area (Å²) in [5.41, 5.74) is 5.69. The van der Waals surface area contributed by atoms with Crippen molar-refractivity contribution in [3.05, 3.63) is 60.2 Å². The summed E-state index contributed by atoms with van der Waals surface area (Å²) < 4.78 is 5.33. The molecule has 160 valence electrons. The standard InChI is InChI=1S/C22H23N5O4/c23-13-16-7-4-5-11-19(16)31-15-20(28)25-26-21(29)17-8-6-12-27(14-17)22(30)24-18-9-2-1-3-10-18/h1-5,7,9-11,17H,6,8,12,14-15H2,(H,24,30)(H,25,28)(H,26,29)/t17-/m0/s1. The van der Waals surface area contributed by atoms with Gasteiger partial charge in [-0.2, -0.15) is 5.26 Å². The first kappa shape index (κ1) is 21.6. The van der Waals surface area contributed by atoms with Gasteiger partial charge < -0.3 is 15.0 Å². The van der Waals surface area contributed by atoms with Crippen LogP contribution in [0.1, 0.15) is 18.4 Å². The lowest BCUT2D eigenvalue weighted by molar-refractivity contribution is -0.132. The van der Waals surface area contributed by atoms with E-state index >= 15 is 0 Å². The van der Waals surface area contributed by atoms with Crippen LogP contribution in [-0.4, -0.2) is 42.4 Å². The average Bonchev–Trinajstić information content (AvgIpc) is 2.82. The summed E-state index contributed by atoms with van der Waals surface area (Å²) in [4.78, 5) is 38.4. The van der Waals surface area contributed by atoms with E-state index in [4.69, 9.17) is 10.00 Å². The molecule has 1 saturated heterocycles. The summed E-state index contributed by atoms with van der Waals surface area (Å²) in [6.07, 6.45) is 1.30. The predicted octanol–water partition coefficient (Wildman–Crippen LogP) is 2.03. The van der Waals surface area contributed by atoms with E-state index in [1.807, 2.05) is 24.3 Å². The minimum Gasteiger partial charge on any atom is -0.482 e. The van der Waals surface area contributed by atoms with E-state index < -0.39 is 11.8 Å². The van der Waals surface area contributed by atoms with Crippen molar-refractivity contribution in [3.63, 3.8) is 0 Å². The van der Waals surface area contributed by atoms with Crippen molar-refractivity contribution >= 4 is 23.5 Å². The third-order valence-electron chi connectivity index (χ3n) is 4.80. The first-order valence-corrected chi connectivity index (χ1v) is 9.88. The molecule has 1 aliphatic rings. The minimum atomic E-state index is -0.560. The smallest absolute Gasteiger partial charge is 0.321 e. The van der Waals surface area contributed by atoms with Crippen LogP contribution in [0.2, 0.25) is 0 Å². The van der Waals surface area contributed by atoms with Gasteiger partial charge in [0.15, 0.2) is 6.61 Å². The number of likely N-dealkylation sites (tertiary alicyclic amines) is 1. The number of nitriles is 1. The Bertz CT molecular complexity index is 973. The molecule has 2 aromatic rings. The maximum atomic E-state index is 12.4. The zero-order valence-electron chi connectivity index (χ0n) is 16.8. The lowest BCUT2D eigenvalue weighted by Crippen LogP contribution is -2.51. The Labute approximate surface area is 180 Å². The van der Waals surface area contributed by atoms with E-state index in [1.54, 1.807) is 41.3 Å². The van der Waals surface area contributed by atoms with Crippen molar-refractivity contribution in [1.82, 2.24) is 15.8 Å². The highest BCUT2D eigenvalue weighted by Gasteiger charge is 2.28. The molecule has 0 unspecified atom stereocenters. The molecular formula is C22H23N5O4. The van der Waals surface area contributed by atoms with Crippen molar-refractivity contribution in [2.24, 2.45) is 5.92 Å². The fourth-order valence-electron chi connectivity index (χ4n) is 3.20. The fourth-order valence-corrected chi connectivity index (χ4v) is 3.20. The van der Waals surface area contributed by atoms with Crippen molar-refractivity contribution in [3.8, 4) is 11.8 Å². The summed E-state index contributed by atoms with van der Waals surface area (Å²) in [7, 11) is 0. The zero-order chi connectivity index (χ0) is 22.1. The van der Waals surface area contributed by atoms with Crippen LogP contribution >= 0.6 is 0 Å². The maximum absolute atomic E-state index is 12.4. The number of anilines is 1. The maximum Gasteiger partial charge on any atom is 0.321 e. The third-order valence-corrected chi connectivity index (χ3v) is 4.80. The Kier molecular flexibility index (Phi) is 7.43. The van der Waals surface area contributed by atoms with Crippen LogP contribution < -0.4 is 20.9 Å². The van der Waals surface area contributed by atoms with Gasteiger partial charge in [-0.1, -0.05) is 30.3 Å². The molecule has 0 aliphatic carbocycles. The van der Waals surface area contributed by atoms with Gasteiger partial charge in [-0.05, 0) is 37.1 Å². The molecule has 0 radical (unpaired) electrons. The van der Waals surface area contributed by atoms with Crippen LogP contribution in [0.3, 0.4) is 0 Å². The van der Waals surface area contributed by atoms with Crippen molar-refractivity contribution in [1.29, 1.82) is 5.26 Å². The molecule has 1 atom stereocenters. The van der Waals surface area contributed by atoms with Gasteiger partial charge in [-0.3, -0.25) is 20.4 Å². The molecule has 0 aromatic heterocycles. The van der Waals surface area contributed by atoms with E-state index in [2.05, 4.69) is 16.2 Å². The molecule has 0 spiro atoms. The van der Waals surface area contributed by atoms with Crippen molar-refractivity contribution in [2.75, 3.05) is 25.0 Å². The highest BCUT2D eigenvalue weighted by atomic mass is 16.5. The van der Waals surface area contributed by atoms with E-state index in [0.717, 1.165) is 0 Å². The summed E-state index contributed by atoms with van der Waals surface area (Å²) in [6, 6.07) is 17.4. The van der Waals surface area contributed by atoms with Crippen molar-refractivity contribution in [2.45, 2.75) is 12.8 Å². The fraction of sp³-hybridized carbons (Fsp3) is 0.273. The van der Waals surface area contributed by atoms with Gasteiger partial charge in [0.05, 0.1) is 11.5 Å². The van der Waals surface area contributed by atoms with E-state index in [1.165, 1.54) is 0 Å². The monoisotopic (exact) mass is 421 g/mol. The second-order valence-corrected chi connectivity index (χ2v) is 7.02. The molecule has 1 heterocycles. The number of urea groups is 1. The average molecular weight is 421 g/mol. The van der Waals surface area contributed by atoms with Crippen LogP contribution in [0.25, 0.3) is 0 Å². The molecule has 3 N–H and O–H groups in total. The van der Waals surface area contributed by atoms with Crippen LogP contribution in [0.15, 0.2) is 54.6 Å². The van der Waals surface area contributed by atoms with Gasteiger partial charge in [0.2, 0.25) is 5.91 Å². The van der Waals surface area contributed by atoms with Gasteiger partial charge >= 0.3 is 6.03 Å². The zero-order valence-corrected chi connectivity index (χ0v) is 16.8. The van der Waals surface area contributed by atoms with Crippen LogP contribution in [-0.2, 0) is 9.59 Å². The molecular weight excluding hydrogens is 398 g/mol. The normalized spacial score (nSPS) is 15.3. The second kappa shape index (κ2) is 10.6. The van der Waals surface area contributed by atoms with E-state index in [0.29, 0.717) is 36.4 Å². The van der Waals surface area contributed by atoms with Gasteiger partial charge in [-0.15, -0.1) is 0 Å². The van der Waals surface area contributed by atoms with Crippen LogP contribution in [0.4, 0.5) is 10.5 Å². The predicted molar refractivity (Wildman–Crippen MR) is 113 cm³/mol. The summed E-state index contributed by atoms with van der Waals surface area (Å²) in [6.45, 7) is 0.461. The summed E-state index contributed by atoms with van der Waals surface area (Å²) in [5, 5.41) is 11.8. The molecule has 3 rings (SSSR count). The highest BCUT2D eigenvalue weighted by molar-refractivity contribution is 5.90. The lowest BCUT2D eigenvalue weighted by atomic mass is 9.98. The van der Waals surface area contributed by atoms with Crippen LogP contribution in [0.5, 0.6) is 5.75 Å². The molecule has 0 bridgehead atoms. The molecule has 31 heavy (non-hydrogen) atoms. The van der Waals surface area contributed by atoms with E-state index in [9.17, 15) is 14.4 Å². The topological polar surface area (TPSA) is 124 Å². The molecule has 0 saturated carbocycles. The number of nitrogens with zero attached hydrogens (tertiary/aromatic N) is 2. The number of amides is 4. The number of hydrogen-bond donors (Lipinski definition) is 3. The Morgan fingerprint density at radius 1 is 1.06 bits per heavy atom. The number of benzene rings is 2. The number of para-hydroxylation sites is 2. The number of ether oxygens (including phenoxy) is 1. The van der Waals surface area contributed by atoms with Gasteiger partial charge in [-0.25, -0.2) is 4.79 Å². The number of carbonyl (C=O) groups excluding carboxylic acids is 3. The largest absolute Gasteiger partial charge is 0.482 e. The SMILES string of the molecule is N#Cc1ccccc1OCC(=O)NNC(=O)[C@H]1CCCN(C(=O)Nc2ccccc2)C1. The Morgan fingerprint density at radius 3 is 2.58 bits per heavy atom. The van der Waals surface area contributed by atoms with Crippen LogP contribution in [0, 0.1) is 17.2 Å². The number of piperidine rings is 1. The molecule has 2 aromatic carbocycles. The van der Waals surface area contributed by atoms with Gasteiger partial charge in [0.1, 0.15) is 11.8 Å². The summed E-state index contributed by atoms with van der Waals surface area (Å²) >= 11 is 0. The molecule has 1 aliphatic heterocycles. The quantitative estimate of drug-likeness (QED) is 0.638. The molecule has 9 nitrogen and oxygen atoms in total. The lowest BCUT2D eigenvalue weighted by Gasteiger charge is -2.32. The Hall–Kier alpha value is -4.06. The summed E-state index contributed by atoms with van der Waals surface area (Å²) in [5.74, 6) is -1.08. The first-order valence-electron chi connectivity index (χ1n) is 9.88. The molecule has 4 amide bonds. The highest BCUT2D eigenvalue weighted by Crippen LogP contribution is 2.18. The number of carbonyl (C=O) groups is 3. The van der Waals surface area contributed by atoms with Crippen molar-refractivity contribution < 1.29 is 19.1 Å². The molecule has 9 heteroatoms. The first-order chi connectivity index (χ1) is 15.1.